The Balaban J connectivity index is 1.15. The number of benzene rings is 1. The average Bonchev–Trinajstić information content (AvgIpc) is 3.43. The summed E-state index contributed by atoms with van der Waals surface area (Å²) >= 11 is 1.57. The highest BCUT2D eigenvalue weighted by molar-refractivity contribution is 7.13. The van der Waals surface area contributed by atoms with Crippen molar-refractivity contribution in [3.8, 4) is 5.75 Å². The van der Waals surface area contributed by atoms with Crippen LogP contribution in [-0.2, 0) is 4.74 Å². The van der Waals surface area contributed by atoms with E-state index in [9.17, 15) is 9.50 Å². The van der Waals surface area contributed by atoms with Gasteiger partial charge in [-0.3, -0.25) is 4.90 Å². The topological polar surface area (TPSA) is 71.0 Å². The predicted molar refractivity (Wildman–Crippen MR) is 126 cm³/mol. The molecule has 4 heterocycles. The Labute approximate surface area is 198 Å². The number of halogens is 1. The smallest absolute Gasteiger partial charge is 0.208 e. The second-order valence-corrected chi connectivity index (χ2v) is 11.1. The van der Waals surface area contributed by atoms with E-state index < -0.39 is 5.60 Å². The molecule has 1 spiro atoms. The van der Waals surface area contributed by atoms with Crippen LogP contribution in [0.3, 0.4) is 0 Å². The van der Waals surface area contributed by atoms with Crippen molar-refractivity contribution in [3.05, 3.63) is 35.1 Å². The Morgan fingerprint density at radius 3 is 2.79 bits per heavy atom. The minimum absolute atomic E-state index is 0.0444. The molecule has 0 radical (unpaired) electrons. The molecule has 7 nitrogen and oxygen atoms in total. The van der Waals surface area contributed by atoms with Gasteiger partial charge in [-0.25, -0.2) is 4.39 Å². The van der Waals surface area contributed by atoms with Crippen LogP contribution in [0.1, 0.15) is 51.0 Å². The summed E-state index contributed by atoms with van der Waals surface area (Å²) in [5.74, 6) is 0.800. The van der Waals surface area contributed by atoms with Crippen molar-refractivity contribution in [1.82, 2.24) is 15.1 Å². The van der Waals surface area contributed by atoms with Gasteiger partial charge in [-0.2, -0.15) is 0 Å². The molecule has 0 saturated carbocycles. The molecule has 9 heteroatoms. The van der Waals surface area contributed by atoms with Crippen molar-refractivity contribution in [2.75, 3.05) is 44.3 Å². The highest BCUT2D eigenvalue weighted by Crippen LogP contribution is 2.41. The molecular formula is C24H33FN4O3S. The van der Waals surface area contributed by atoms with Gasteiger partial charge >= 0.3 is 0 Å². The lowest BCUT2D eigenvalue weighted by Crippen LogP contribution is -2.62. The maximum Gasteiger partial charge on any atom is 0.208 e. The zero-order valence-corrected chi connectivity index (χ0v) is 20.2. The third-order valence-electron chi connectivity index (χ3n) is 7.20. The molecule has 2 aromatic rings. The summed E-state index contributed by atoms with van der Waals surface area (Å²) in [4.78, 5) is 4.79. The second-order valence-electron chi connectivity index (χ2n) is 10.3. The summed E-state index contributed by atoms with van der Waals surface area (Å²) in [6.45, 7) is 8.48. The van der Waals surface area contributed by atoms with Crippen molar-refractivity contribution < 1.29 is 19.0 Å². The molecule has 180 valence electrons. The first-order chi connectivity index (χ1) is 15.8. The first-order valence-corrected chi connectivity index (χ1v) is 12.7. The number of hydrogen-bond donors (Lipinski definition) is 1. The molecule has 1 aromatic carbocycles. The number of rotatable bonds is 7. The third kappa shape index (κ3) is 5.16. The minimum atomic E-state index is -0.777. The lowest BCUT2D eigenvalue weighted by atomic mass is 9.86. The molecule has 0 bridgehead atoms. The molecule has 3 fully saturated rings. The molecule has 1 atom stereocenters. The predicted octanol–water partition coefficient (Wildman–Crippen LogP) is 3.44. The Morgan fingerprint density at radius 2 is 2.09 bits per heavy atom. The van der Waals surface area contributed by atoms with Gasteiger partial charge in [0.15, 0.2) is 0 Å². The van der Waals surface area contributed by atoms with E-state index in [1.807, 2.05) is 0 Å². The highest BCUT2D eigenvalue weighted by Gasteiger charge is 2.51. The number of piperidine rings is 1. The van der Waals surface area contributed by atoms with Crippen LogP contribution in [0.15, 0.2) is 23.7 Å². The van der Waals surface area contributed by atoms with Gasteiger partial charge in [-0.15, -0.1) is 10.2 Å². The number of ether oxygens (including phenoxy) is 2. The van der Waals surface area contributed by atoms with Gasteiger partial charge in [0.1, 0.15) is 22.7 Å². The lowest BCUT2D eigenvalue weighted by Gasteiger charge is -2.47. The van der Waals surface area contributed by atoms with E-state index in [1.165, 1.54) is 6.07 Å². The van der Waals surface area contributed by atoms with E-state index in [-0.39, 0.29) is 17.3 Å². The molecule has 3 aliphatic rings. The monoisotopic (exact) mass is 476 g/mol. The van der Waals surface area contributed by atoms with E-state index in [1.54, 1.807) is 42.8 Å². The summed E-state index contributed by atoms with van der Waals surface area (Å²) in [7, 11) is 0. The van der Waals surface area contributed by atoms with Crippen LogP contribution in [0.2, 0.25) is 0 Å². The molecule has 33 heavy (non-hydrogen) atoms. The van der Waals surface area contributed by atoms with Crippen LogP contribution in [0, 0.1) is 5.82 Å². The van der Waals surface area contributed by atoms with E-state index in [0.29, 0.717) is 19.1 Å². The van der Waals surface area contributed by atoms with Crippen molar-refractivity contribution >= 4 is 16.5 Å². The summed E-state index contributed by atoms with van der Waals surface area (Å²) < 4.78 is 26.3. The number of aliphatic hydroxyl groups is 1. The van der Waals surface area contributed by atoms with Crippen LogP contribution in [0.25, 0.3) is 0 Å². The molecule has 0 unspecified atom stereocenters. The van der Waals surface area contributed by atoms with E-state index >= 15 is 0 Å². The standard InChI is InChI=1S/C24H33FN4O3S/c1-23(2,30)7-10-31-21-4-3-18(25)11-20(21)17-5-8-28(9-6-17)19-12-24(32-13-19)14-29(15-24)22-27-26-16-33-22/h3-4,11,16-17,19,30H,5-10,12-15H2,1-2H3/t19-/m0/s1. The number of aromatic nitrogens is 2. The lowest BCUT2D eigenvalue weighted by molar-refractivity contribution is -0.0195. The van der Waals surface area contributed by atoms with E-state index in [0.717, 1.165) is 68.5 Å². The second kappa shape index (κ2) is 9.09. The average molecular weight is 477 g/mol. The zero-order chi connectivity index (χ0) is 23.1. The SMILES string of the molecule is CC(C)(O)CCOc1ccc(F)cc1C1CCN([C@@H]2COC3(C2)CN(c2nncs2)C3)CC1. The van der Waals surface area contributed by atoms with Gasteiger partial charge in [-0.1, -0.05) is 11.3 Å². The summed E-state index contributed by atoms with van der Waals surface area (Å²) in [5, 5.41) is 19.0. The first kappa shape index (κ1) is 23.0. The number of hydrogen-bond acceptors (Lipinski definition) is 8. The summed E-state index contributed by atoms with van der Waals surface area (Å²) in [5.41, 5.74) is 1.90. The minimum Gasteiger partial charge on any atom is -0.493 e. The normalized spacial score (nSPS) is 23.8. The Hall–Kier alpha value is -1.81. The maximum absolute atomic E-state index is 14.1. The van der Waals surface area contributed by atoms with Gasteiger partial charge in [0.05, 0.1) is 31.9 Å². The quantitative estimate of drug-likeness (QED) is 0.656. The number of anilines is 1. The fraction of sp³-hybridized carbons (Fsp3) is 0.667. The first-order valence-electron chi connectivity index (χ1n) is 11.8. The third-order valence-corrected chi connectivity index (χ3v) is 7.95. The van der Waals surface area contributed by atoms with E-state index in [4.69, 9.17) is 9.47 Å². The fourth-order valence-electron chi connectivity index (χ4n) is 5.32. The van der Waals surface area contributed by atoms with Crippen LogP contribution < -0.4 is 9.64 Å². The Bertz CT molecular complexity index is 938. The molecule has 0 amide bonds. The molecule has 3 aliphatic heterocycles. The van der Waals surface area contributed by atoms with Gasteiger partial charge in [0.2, 0.25) is 5.13 Å². The van der Waals surface area contributed by atoms with Crippen molar-refractivity contribution in [3.63, 3.8) is 0 Å². The van der Waals surface area contributed by atoms with Crippen molar-refractivity contribution in [2.45, 2.75) is 62.7 Å². The van der Waals surface area contributed by atoms with Crippen molar-refractivity contribution in [2.24, 2.45) is 0 Å². The largest absolute Gasteiger partial charge is 0.493 e. The van der Waals surface area contributed by atoms with Gasteiger partial charge in [-0.05, 0) is 70.3 Å². The van der Waals surface area contributed by atoms with Crippen LogP contribution >= 0.6 is 11.3 Å². The molecule has 0 aliphatic carbocycles. The van der Waals surface area contributed by atoms with Crippen LogP contribution in [0.4, 0.5) is 9.52 Å². The zero-order valence-electron chi connectivity index (χ0n) is 19.4. The highest BCUT2D eigenvalue weighted by atomic mass is 32.1. The number of likely N-dealkylation sites (tertiary alicyclic amines) is 1. The van der Waals surface area contributed by atoms with E-state index in [2.05, 4.69) is 20.0 Å². The molecule has 5 rings (SSSR count). The van der Waals surface area contributed by atoms with Crippen molar-refractivity contribution in [1.29, 1.82) is 0 Å². The molecular weight excluding hydrogens is 443 g/mol. The summed E-state index contributed by atoms with van der Waals surface area (Å²) in [6.07, 6.45) is 3.54. The van der Waals surface area contributed by atoms with Gasteiger partial charge < -0.3 is 19.5 Å². The molecule has 1 N–H and O–H groups in total. The van der Waals surface area contributed by atoms with Gasteiger partial charge in [0.25, 0.3) is 0 Å². The fourth-order valence-corrected chi connectivity index (χ4v) is 5.88. The van der Waals surface area contributed by atoms with Crippen LogP contribution in [0.5, 0.6) is 5.75 Å². The Morgan fingerprint density at radius 1 is 1.30 bits per heavy atom. The molecule has 1 aromatic heterocycles. The maximum atomic E-state index is 14.1. The van der Waals surface area contributed by atoms with Gasteiger partial charge in [0, 0.05) is 18.0 Å². The summed E-state index contributed by atoms with van der Waals surface area (Å²) in [6, 6.07) is 5.26. The van der Waals surface area contributed by atoms with Crippen LogP contribution in [-0.4, -0.2) is 76.8 Å². The molecule has 3 saturated heterocycles. The Kier molecular flexibility index (Phi) is 6.32. The number of nitrogens with zero attached hydrogens (tertiary/aromatic N) is 4.